The van der Waals surface area contributed by atoms with E-state index in [9.17, 15) is 13.2 Å². The number of benzene rings is 1. The average molecular weight is 373 g/mol. The largest absolute Gasteiger partial charge is 0.484 e. The van der Waals surface area contributed by atoms with Gasteiger partial charge in [-0.2, -0.15) is 13.2 Å². The monoisotopic (exact) mass is 373 g/mol. The molecule has 0 aliphatic carbocycles. The van der Waals surface area contributed by atoms with E-state index in [4.69, 9.17) is 9.47 Å². The van der Waals surface area contributed by atoms with Gasteiger partial charge < -0.3 is 20.1 Å². The molecule has 146 valence electrons. The molecule has 0 amide bonds. The topological polar surface area (TPSA) is 54.9 Å². The summed E-state index contributed by atoms with van der Waals surface area (Å²) in [5, 5.41) is 6.34. The number of ether oxygens (including phenoxy) is 2. The summed E-state index contributed by atoms with van der Waals surface area (Å²) >= 11 is 0. The number of aryl methyl sites for hydroxylation is 1. The Morgan fingerprint density at radius 1 is 1.35 bits per heavy atom. The minimum atomic E-state index is -4.37. The van der Waals surface area contributed by atoms with Crippen molar-refractivity contribution in [3.05, 3.63) is 29.3 Å². The highest BCUT2D eigenvalue weighted by Gasteiger charge is 2.28. The molecule has 1 saturated heterocycles. The lowest BCUT2D eigenvalue weighted by atomic mass is 10.1. The number of aliphatic imine (C=N–C) groups is 1. The van der Waals surface area contributed by atoms with Gasteiger partial charge in [-0.3, -0.25) is 0 Å². The van der Waals surface area contributed by atoms with Crippen LogP contribution in [0.25, 0.3) is 0 Å². The highest BCUT2D eigenvalue weighted by molar-refractivity contribution is 5.79. The van der Waals surface area contributed by atoms with Crippen molar-refractivity contribution < 1.29 is 22.6 Å². The Labute approximate surface area is 152 Å². The summed E-state index contributed by atoms with van der Waals surface area (Å²) in [6.07, 6.45) is -2.13. The summed E-state index contributed by atoms with van der Waals surface area (Å²) in [6, 6.07) is 5.18. The van der Waals surface area contributed by atoms with Crippen LogP contribution in [0.3, 0.4) is 0 Å². The first-order valence-electron chi connectivity index (χ1n) is 8.80. The minimum Gasteiger partial charge on any atom is -0.484 e. The van der Waals surface area contributed by atoms with Crippen LogP contribution in [0.15, 0.2) is 23.2 Å². The van der Waals surface area contributed by atoms with Crippen molar-refractivity contribution in [2.45, 2.75) is 45.5 Å². The first-order valence-corrected chi connectivity index (χ1v) is 8.80. The third kappa shape index (κ3) is 7.11. The normalized spacial score (nSPS) is 18.0. The molecule has 0 radical (unpaired) electrons. The smallest absolute Gasteiger partial charge is 0.422 e. The molecule has 1 aliphatic rings. The van der Waals surface area contributed by atoms with Gasteiger partial charge in [0, 0.05) is 25.3 Å². The number of guanidine groups is 1. The molecule has 1 unspecified atom stereocenters. The van der Waals surface area contributed by atoms with Gasteiger partial charge in [0.05, 0.1) is 12.6 Å². The fraction of sp³-hybridized carbons (Fsp3) is 0.611. The highest BCUT2D eigenvalue weighted by Crippen LogP contribution is 2.24. The van der Waals surface area contributed by atoms with Crippen LogP contribution in [-0.2, 0) is 11.3 Å². The van der Waals surface area contributed by atoms with Crippen molar-refractivity contribution in [2.75, 3.05) is 26.3 Å². The van der Waals surface area contributed by atoms with Gasteiger partial charge in [-0.25, -0.2) is 4.99 Å². The minimum absolute atomic E-state index is 0.170. The SMILES string of the molecule is CCNC(=NCc1ccc(C)cc1OCC(F)(F)F)NCC1CCCO1. The molecule has 1 aliphatic heterocycles. The molecule has 2 rings (SSSR count). The van der Waals surface area contributed by atoms with E-state index in [1.165, 1.54) is 0 Å². The molecule has 1 aromatic rings. The van der Waals surface area contributed by atoms with E-state index in [1.807, 2.05) is 13.0 Å². The van der Waals surface area contributed by atoms with Gasteiger partial charge in [0.1, 0.15) is 5.75 Å². The van der Waals surface area contributed by atoms with Crippen LogP contribution in [0.4, 0.5) is 13.2 Å². The van der Waals surface area contributed by atoms with Gasteiger partial charge in [-0.1, -0.05) is 12.1 Å². The zero-order valence-corrected chi connectivity index (χ0v) is 15.2. The first kappa shape index (κ1) is 20.4. The van der Waals surface area contributed by atoms with Crippen molar-refractivity contribution in [3.8, 4) is 5.75 Å². The third-order valence-corrected chi connectivity index (χ3v) is 3.89. The fourth-order valence-corrected chi connectivity index (χ4v) is 2.61. The molecule has 1 aromatic carbocycles. The van der Waals surface area contributed by atoms with Crippen LogP contribution in [0.1, 0.15) is 30.9 Å². The number of rotatable bonds is 7. The Balaban J connectivity index is 2.02. The van der Waals surface area contributed by atoms with E-state index in [1.54, 1.807) is 19.1 Å². The van der Waals surface area contributed by atoms with E-state index in [-0.39, 0.29) is 18.4 Å². The standard InChI is InChI=1S/C18H26F3N3O2/c1-3-22-17(24-11-15-5-4-8-25-15)23-10-14-7-6-13(2)9-16(14)26-12-18(19,20)21/h6-7,9,15H,3-5,8,10-12H2,1-2H3,(H2,22,23,24). The number of hydrogen-bond donors (Lipinski definition) is 2. The summed E-state index contributed by atoms with van der Waals surface area (Å²) in [5.74, 6) is 0.811. The number of alkyl halides is 3. The average Bonchev–Trinajstić information content (AvgIpc) is 3.09. The number of nitrogens with one attached hydrogen (secondary N) is 2. The zero-order chi connectivity index (χ0) is 19.0. The summed E-state index contributed by atoms with van der Waals surface area (Å²) < 4.78 is 47.9. The van der Waals surface area contributed by atoms with Crippen molar-refractivity contribution in [1.29, 1.82) is 0 Å². The lowest BCUT2D eigenvalue weighted by Crippen LogP contribution is -2.41. The predicted molar refractivity (Wildman–Crippen MR) is 94.5 cm³/mol. The lowest BCUT2D eigenvalue weighted by molar-refractivity contribution is -0.153. The molecular formula is C18H26F3N3O2. The molecule has 1 heterocycles. The van der Waals surface area contributed by atoms with Crippen molar-refractivity contribution >= 4 is 5.96 Å². The molecule has 0 spiro atoms. The van der Waals surface area contributed by atoms with E-state index in [0.717, 1.165) is 25.0 Å². The molecule has 1 fully saturated rings. The molecule has 1 atom stereocenters. The lowest BCUT2D eigenvalue weighted by Gasteiger charge is -2.16. The van der Waals surface area contributed by atoms with Crippen LogP contribution in [-0.4, -0.2) is 44.5 Å². The number of hydrogen-bond acceptors (Lipinski definition) is 3. The van der Waals surface area contributed by atoms with E-state index in [2.05, 4.69) is 15.6 Å². The van der Waals surface area contributed by atoms with Gasteiger partial charge >= 0.3 is 6.18 Å². The Morgan fingerprint density at radius 2 is 2.15 bits per heavy atom. The van der Waals surface area contributed by atoms with Crippen molar-refractivity contribution in [1.82, 2.24) is 10.6 Å². The third-order valence-electron chi connectivity index (χ3n) is 3.89. The van der Waals surface area contributed by atoms with Crippen LogP contribution in [0.5, 0.6) is 5.75 Å². The Morgan fingerprint density at radius 3 is 2.81 bits per heavy atom. The predicted octanol–water partition coefficient (Wildman–Crippen LogP) is 3.17. The maximum Gasteiger partial charge on any atom is 0.422 e. The quantitative estimate of drug-likeness (QED) is 0.569. The molecule has 0 bridgehead atoms. The van der Waals surface area contributed by atoms with Crippen molar-refractivity contribution in [3.63, 3.8) is 0 Å². The summed E-state index contributed by atoms with van der Waals surface area (Å²) in [7, 11) is 0. The molecule has 0 aromatic heterocycles. The molecular weight excluding hydrogens is 347 g/mol. The second kappa shape index (κ2) is 9.66. The zero-order valence-electron chi connectivity index (χ0n) is 15.2. The summed E-state index contributed by atoms with van der Waals surface area (Å²) in [6.45, 7) is 4.77. The highest BCUT2D eigenvalue weighted by atomic mass is 19.4. The molecule has 5 nitrogen and oxygen atoms in total. The van der Waals surface area contributed by atoms with Gasteiger partial charge in [0.2, 0.25) is 0 Å². The van der Waals surface area contributed by atoms with Gasteiger partial charge in [-0.05, 0) is 38.3 Å². The first-order chi connectivity index (χ1) is 12.4. The van der Waals surface area contributed by atoms with Crippen LogP contribution in [0.2, 0.25) is 0 Å². The number of nitrogens with zero attached hydrogens (tertiary/aromatic N) is 1. The fourth-order valence-electron chi connectivity index (χ4n) is 2.61. The molecule has 0 saturated carbocycles. The van der Waals surface area contributed by atoms with E-state index < -0.39 is 12.8 Å². The molecule has 2 N–H and O–H groups in total. The van der Waals surface area contributed by atoms with Crippen LogP contribution in [0, 0.1) is 6.92 Å². The second-order valence-corrected chi connectivity index (χ2v) is 6.23. The van der Waals surface area contributed by atoms with Crippen LogP contribution < -0.4 is 15.4 Å². The van der Waals surface area contributed by atoms with E-state index >= 15 is 0 Å². The second-order valence-electron chi connectivity index (χ2n) is 6.23. The Bertz CT molecular complexity index is 600. The Hall–Kier alpha value is -1.96. The van der Waals surface area contributed by atoms with Crippen LogP contribution >= 0.6 is 0 Å². The maximum absolute atomic E-state index is 12.5. The summed E-state index contributed by atoms with van der Waals surface area (Å²) in [4.78, 5) is 4.46. The molecule has 8 heteroatoms. The Kier molecular flexibility index (Phi) is 7.56. The number of halogens is 3. The molecule has 26 heavy (non-hydrogen) atoms. The van der Waals surface area contributed by atoms with Crippen molar-refractivity contribution in [2.24, 2.45) is 4.99 Å². The van der Waals surface area contributed by atoms with Gasteiger partial charge in [0.25, 0.3) is 0 Å². The maximum atomic E-state index is 12.5. The van der Waals surface area contributed by atoms with Gasteiger partial charge in [-0.15, -0.1) is 0 Å². The summed E-state index contributed by atoms with van der Waals surface area (Å²) in [5.41, 5.74) is 1.44. The van der Waals surface area contributed by atoms with E-state index in [0.29, 0.717) is 24.6 Å². The van der Waals surface area contributed by atoms with Gasteiger partial charge in [0.15, 0.2) is 12.6 Å².